The molecule has 4 rings (SSSR count). The van der Waals surface area contributed by atoms with Crippen molar-refractivity contribution in [3.05, 3.63) is 42.2 Å². The smallest absolute Gasteiger partial charge is 0.148 e. The third kappa shape index (κ3) is 3.20. The highest BCUT2D eigenvalue weighted by atomic mass is 19.1. The first kappa shape index (κ1) is 14.6. The molecule has 0 amide bonds. The molecule has 23 heavy (non-hydrogen) atoms. The van der Waals surface area contributed by atoms with Crippen LogP contribution in [-0.4, -0.2) is 39.8 Å². The van der Waals surface area contributed by atoms with E-state index in [-0.39, 0.29) is 5.82 Å². The Bertz CT molecular complexity index is 666. The molecule has 1 aromatic carbocycles. The molecule has 0 radical (unpaired) electrons. The van der Waals surface area contributed by atoms with Gasteiger partial charge in [0, 0.05) is 30.2 Å². The van der Waals surface area contributed by atoms with Crippen molar-refractivity contribution in [1.82, 2.24) is 15.1 Å². The fourth-order valence-electron chi connectivity index (χ4n) is 3.47. The highest BCUT2D eigenvalue weighted by Gasteiger charge is 2.38. The molecule has 1 saturated heterocycles. The van der Waals surface area contributed by atoms with Gasteiger partial charge in [0.2, 0.25) is 0 Å². The summed E-state index contributed by atoms with van der Waals surface area (Å²) >= 11 is 0. The third-order valence-corrected chi connectivity index (χ3v) is 4.80. The fraction of sp³-hybridized carbons (Fsp3) is 0.444. The van der Waals surface area contributed by atoms with E-state index in [4.69, 9.17) is 0 Å². The van der Waals surface area contributed by atoms with E-state index < -0.39 is 0 Å². The van der Waals surface area contributed by atoms with E-state index in [1.165, 1.54) is 25.0 Å². The van der Waals surface area contributed by atoms with Gasteiger partial charge in [-0.25, -0.2) is 4.39 Å². The summed E-state index contributed by atoms with van der Waals surface area (Å²) in [6, 6.07) is 12.1. The van der Waals surface area contributed by atoms with Gasteiger partial charge in [0.25, 0.3) is 0 Å². The molecule has 4 nitrogen and oxygen atoms in total. The minimum Gasteiger partial charge on any atom is -0.365 e. The molecule has 1 aliphatic heterocycles. The Morgan fingerprint density at radius 1 is 1.09 bits per heavy atom. The summed E-state index contributed by atoms with van der Waals surface area (Å²) in [6.45, 7) is 3.40. The summed E-state index contributed by atoms with van der Waals surface area (Å²) in [4.78, 5) is 2.61. The van der Waals surface area contributed by atoms with Gasteiger partial charge >= 0.3 is 0 Å². The lowest BCUT2D eigenvalue weighted by molar-refractivity contribution is 0.257. The van der Waals surface area contributed by atoms with Gasteiger partial charge < -0.3 is 5.32 Å². The molecular weight excluding hydrogens is 291 g/mol. The zero-order valence-electron chi connectivity index (χ0n) is 13.2. The number of hydrogen-bond acceptors (Lipinski definition) is 4. The first-order valence-corrected chi connectivity index (χ1v) is 8.31. The zero-order chi connectivity index (χ0) is 15.8. The maximum atomic E-state index is 13.0. The average Bonchev–Trinajstić information content (AvgIpc) is 3.33. The Kier molecular flexibility index (Phi) is 3.73. The fourth-order valence-corrected chi connectivity index (χ4v) is 3.47. The topological polar surface area (TPSA) is 41.1 Å². The van der Waals surface area contributed by atoms with E-state index in [9.17, 15) is 4.39 Å². The molecule has 1 aliphatic carbocycles. The van der Waals surface area contributed by atoms with E-state index in [0.717, 1.165) is 36.1 Å². The van der Waals surface area contributed by atoms with E-state index >= 15 is 0 Å². The summed E-state index contributed by atoms with van der Waals surface area (Å²) in [7, 11) is 0. The normalized spacial score (nSPS) is 24.8. The lowest BCUT2D eigenvalue weighted by Crippen LogP contribution is -2.31. The van der Waals surface area contributed by atoms with Crippen LogP contribution < -0.4 is 5.32 Å². The molecule has 2 aromatic rings. The van der Waals surface area contributed by atoms with Crippen LogP contribution in [0.15, 0.2) is 36.4 Å². The van der Waals surface area contributed by atoms with Crippen LogP contribution in [0, 0.1) is 5.82 Å². The number of likely N-dealkylation sites (tertiary alicyclic amines) is 1. The Morgan fingerprint density at radius 2 is 1.87 bits per heavy atom. The number of anilines is 1. The van der Waals surface area contributed by atoms with Crippen LogP contribution in [0.25, 0.3) is 11.3 Å². The molecule has 2 aliphatic rings. The second-order valence-corrected chi connectivity index (χ2v) is 6.66. The predicted molar refractivity (Wildman–Crippen MR) is 88.6 cm³/mol. The van der Waals surface area contributed by atoms with Crippen molar-refractivity contribution in [2.24, 2.45) is 0 Å². The van der Waals surface area contributed by atoms with Crippen molar-refractivity contribution in [2.75, 3.05) is 11.9 Å². The number of aromatic nitrogens is 2. The van der Waals surface area contributed by atoms with Crippen molar-refractivity contribution in [3.63, 3.8) is 0 Å². The SMILES string of the molecule is CC1CC(Nc2ccc(-c3ccc(F)cc3)nn2)CN1C1CC1. The maximum Gasteiger partial charge on any atom is 0.148 e. The molecule has 2 heterocycles. The second kappa shape index (κ2) is 5.89. The van der Waals surface area contributed by atoms with Crippen molar-refractivity contribution in [1.29, 1.82) is 0 Å². The standard InChI is InChI=1S/C18H21FN4/c1-12-10-15(11-23(12)16-6-7-16)20-18-9-8-17(21-22-18)13-2-4-14(19)5-3-13/h2-5,8-9,12,15-16H,6-7,10-11H2,1H3,(H,20,22). The second-order valence-electron chi connectivity index (χ2n) is 6.66. The molecule has 1 N–H and O–H groups in total. The number of nitrogens with one attached hydrogen (secondary N) is 1. The van der Waals surface area contributed by atoms with Gasteiger partial charge in [-0.2, -0.15) is 0 Å². The van der Waals surface area contributed by atoms with E-state index in [0.29, 0.717) is 12.1 Å². The van der Waals surface area contributed by atoms with Crippen molar-refractivity contribution in [2.45, 2.75) is 44.3 Å². The van der Waals surface area contributed by atoms with E-state index in [1.807, 2.05) is 12.1 Å². The van der Waals surface area contributed by atoms with Crippen LogP contribution in [0.2, 0.25) is 0 Å². The minimum absolute atomic E-state index is 0.240. The lowest BCUT2D eigenvalue weighted by atomic mass is 10.1. The van der Waals surface area contributed by atoms with Crippen molar-refractivity contribution < 1.29 is 4.39 Å². The molecule has 1 aromatic heterocycles. The monoisotopic (exact) mass is 312 g/mol. The van der Waals surface area contributed by atoms with Crippen LogP contribution in [-0.2, 0) is 0 Å². The Hall–Kier alpha value is -2.01. The molecule has 2 atom stereocenters. The average molecular weight is 312 g/mol. The van der Waals surface area contributed by atoms with E-state index in [2.05, 4.69) is 27.3 Å². The molecule has 2 fully saturated rings. The van der Waals surface area contributed by atoms with E-state index in [1.54, 1.807) is 12.1 Å². The summed E-state index contributed by atoms with van der Waals surface area (Å²) in [5.74, 6) is 0.571. The lowest BCUT2D eigenvalue weighted by Gasteiger charge is -2.19. The van der Waals surface area contributed by atoms with Gasteiger partial charge in [-0.3, -0.25) is 4.90 Å². The highest BCUT2D eigenvalue weighted by Crippen LogP contribution is 2.34. The summed E-state index contributed by atoms with van der Waals surface area (Å²) < 4.78 is 13.0. The number of rotatable bonds is 4. The van der Waals surface area contributed by atoms with Gasteiger partial charge in [-0.05, 0) is 62.6 Å². The molecule has 0 spiro atoms. The summed E-state index contributed by atoms with van der Waals surface area (Å²) in [6.07, 6.45) is 3.85. The summed E-state index contributed by atoms with van der Waals surface area (Å²) in [5.41, 5.74) is 1.63. The molecular formula is C18H21FN4. The quantitative estimate of drug-likeness (QED) is 0.940. The van der Waals surface area contributed by atoms with Crippen LogP contribution in [0.4, 0.5) is 10.2 Å². The molecule has 5 heteroatoms. The van der Waals surface area contributed by atoms with Crippen molar-refractivity contribution >= 4 is 5.82 Å². The first-order valence-electron chi connectivity index (χ1n) is 8.31. The maximum absolute atomic E-state index is 13.0. The minimum atomic E-state index is -0.240. The molecule has 0 bridgehead atoms. The number of benzene rings is 1. The largest absolute Gasteiger partial charge is 0.365 e. The highest BCUT2D eigenvalue weighted by molar-refractivity contribution is 5.59. The Labute approximate surface area is 135 Å². The number of hydrogen-bond donors (Lipinski definition) is 1. The van der Waals surface area contributed by atoms with Gasteiger partial charge in [0.05, 0.1) is 5.69 Å². The van der Waals surface area contributed by atoms with Crippen LogP contribution >= 0.6 is 0 Å². The zero-order valence-corrected chi connectivity index (χ0v) is 13.2. The van der Waals surface area contributed by atoms with Crippen molar-refractivity contribution in [3.8, 4) is 11.3 Å². The van der Waals surface area contributed by atoms with Gasteiger partial charge in [0.15, 0.2) is 0 Å². The predicted octanol–water partition coefficient (Wildman–Crippen LogP) is 3.32. The Balaban J connectivity index is 1.41. The molecule has 2 unspecified atom stereocenters. The number of nitrogens with zero attached hydrogens (tertiary/aromatic N) is 3. The third-order valence-electron chi connectivity index (χ3n) is 4.80. The van der Waals surface area contributed by atoms with Crippen LogP contribution in [0.1, 0.15) is 26.2 Å². The molecule has 120 valence electrons. The Morgan fingerprint density at radius 3 is 2.52 bits per heavy atom. The summed E-state index contributed by atoms with van der Waals surface area (Å²) in [5, 5.41) is 12.0. The van der Waals surface area contributed by atoms with Gasteiger partial charge in [-0.15, -0.1) is 10.2 Å². The van der Waals surface area contributed by atoms with Gasteiger partial charge in [-0.1, -0.05) is 0 Å². The molecule has 1 saturated carbocycles. The number of halogens is 1. The van der Waals surface area contributed by atoms with Crippen LogP contribution in [0.5, 0.6) is 0 Å². The van der Waals surface area contributed by atoms with Gasteiger partial charge in [0.1, 0.15) is 11.6 Å². The first-order chi connectivity index (χ1) is 11.2. The van der Waals surface area contributed by atoms with Crippen LogP contribution in [0.3, 0.4) is 0 Å².